The molecule has 4 heterocycles. The number of ketones is 1. The van der Waals surface area contributed by atoms with Gasteiger partial charge in [-0.15, -0.1) is 11.3 Å². The molecule has 2 aromatic heterocycles. The summed E-state index contributed by atoms with van der Waals surface area (Å²) in [5.74, 6) is -0.401. The van der Waals surface area contributed by atoms with Crippen LogP contribution in [0.3, 0.4) is 0 Å². The van der Waals surface area contributed by atoms with E-state index in [1.165, 1.54) is 5.69 Å². The molecule has 0 aliphatic carbocycles. The van der Waals surface area contributed by atoms with E-state index in [1.807, 2.05) is 25.1 Å². The average molecular weight is 573 g/mol. The first-order valence-electron chi connectivity index (χ1n) is 14.6. The van der Waals surface area contributed by atoms with Crippen molar-refractivity contribution in [2.75, 3.05) is 42.5 Å². The van der Waals surface area contributed by atoms with Gasteiger partial charge in [0.1, 0.15) is 11.6 Å². The second kappa shape index (κ2) is 12.4. The standard InChI is InChI=1S/C31H36N6O3S/c1-2-7-24(28(38)30-34-23-8-3-4-10-27(23)40-30)33-29(39)26-9-5-6-17-37(26)31-35-25(20-41-31)21-11-13-22(14-12-21)36-18-15-32-16-19-36/h3-4,8,10-14,20,24,26,32H,2,5-7,9,15-19H2,1H3,(H,33,39). The van der Waals surface area contributed by atoms with Crippen LogP contribution in [0.15, 0.2) is 58.3 Å². The minimum absolute atomic E-state index is 0.0398. The number of hydrogen-bond acceptors (Lipinski definition) is 9. The van der Waals surface area contributed by atoms with Crippen LogP contribution in [-0.2, 0) is 4.79 Å². The Bertz CT molecular complexity index is 1460. The Labute approximate surface area is 244 Å². The number of fused-ring (bicyclic) bond motifs is 1. The second-order valence-electron chi connectivity index (χ2n) is 10.7. The van der Waals surface area contributed by atoms with Gasteiger partial charge in [0, 0.05) is 49.4 Å². The number of aromatic nitrogens is 2. The molecule has 0 spiro atoms. The van der Waals surface area contributed by atoms with Crippen LogP contribution in [0.1, 0.15) is 49.7 Å². The summed E-state index contributed by atoms with van der Waals surface area (Å²) in [4.78, 5) is 40.8. The van der Waals surface area contributed by atoms with Crippen molar-refractivity contribution in [3.8, 4) is 11.3 Å². The third-order valence-electron chi connectivity index (χ3n) is 7.90. The number of amides is 1. The lowest BCUT2D eigenvalue weighted by Crippen LogP contribution is -2.53. The van der Waals surface area contributed by atoms with Crippen molar-refractivity contribution in [2.45, 2.75) is 51.1 Å². The van der Waals surface area contributed by atoms with Crippen LogP contribution in [0.5, 0.6) is 0 Å². The number of para-hydroxylation sites is 2. The molecule has 0 bridgehead atoms. The molecule has 2 aliphatic heterocycles. The third-order valence-corrected chi connectivity index (χ3v) is 8.78. The number of piperazine rings is 1. The maximum absolute atomic E-state index is 13.7. The van der Waals surface area contributed by atoms with Gasteiger partial charge in [-0.25, -0.2) is 9.97 Å². The number of hydrogen-bond donors (Lipinski definition) is 2. The number of anilines is 2. The average Bonchev–Trinajstić information content (AvgIpc) is 3.69. The molecule has 2 aliphatic rings. The fourth-order valence-corrected chi connectivity index (χ4v) is 6.59. The van der Waals surface area contributed by atoms with Gasteiger partial charge in [0.15, 0.2) is 10.7 Å². The zero-order valence-corrected chi connectivity index (χ0v) is 24.2. The SMILES string of the molecule is CCCC(NC(=O)C1CCCCN1c1nc(-c2ccc(N3CCNCC3)cc2)cs1)C(=O)c1nc2ccccc2o1. The summed E-state index contributed by atoms with van der Waals surface area (Å²) in [5, 5.41) is 9.34. The smallest absolute Gasteiger partial charge is 0.266 e. The third kappa shape index (κ3) is 5.99. The second-order valence-corrected chi connectivity index (χ2v) is 11.5. The lowest BCUT2D eigenvalue weighted by atomic mass is 10.0. The summed E-state index contributed by atoms with van der Waals surface area (Å²) in [6.07, 6.45) is 3.93. The summed E-state index contributed by atoms with van der Waals surface area (Å²) >= 11 is 1.56. The van der Waals surface area contributed by atoms with E-state index < -0.39 is 6.04 Å². The Morgan fingerprint density at radius 3 is 2.66 bits per heavy atom. The van der Waals surface area contributed by atoms with E-state index >= 15 is 0 Å². The van der Waals surface area contributed by atoms with Gasteiger partial charge in [-0.1, -0.05) is 37.6 Å². The van der Waals surface area contributed by atoms with E-state index in [0.717, 1.165) is 74.8 Å². The van der Waals surface area contributed by atoms with Crippen molar-refractivity contribution in [1.29, 1.82) is 0 Å². The lowest BCUT2D eigenvalue weighted by Gasteiger charge is -2.35. The maximum Gasteiger partial charge on any atom is 0.266 e. The molecule has 2 unspecified atom stereocenters. The molecule has 10 heteroatoms. The minimum Gasteiger partial charge on any atom is -0.434 e. The minimum atomic E-state index is -0.689. The molecule has 4 aromatic rings. The summed E-state index contributed by atoms with van der Waals surface area (Å²) < 4.78 is 5.73. The first kappa shape index (κ1) is 27.4. The summed E-state index contributed by atoms with van der Waals surface area (Å²) in [5.41, 5.74) is 4.41. The quantitative estimate of drug-likeness (QED) is 0.274. The highest BCUT2D eigenvalue weighted by Gasteiger charge is 2.34. The fourth-order valence-electron chi connectivity index (χ4n) is 5.68. The zero-order chi connectivity index (χ0) is 28.2. The normalized spacial score (nSPS) is 18.4. The number of thiazole rings is 1. The number of piperidine rings is 1. The molecule has 2 saturated heterocycles. The highest BCUT2D eigenvalue weighted by molar-refractivity contribution is 7.14. The van der Waals surface area contributed by atoms with E-state index in [1.54, 1.807) is 17.4 Å². The maximum atomic E-state index is 13.7. The van der Waals surface area contributed by atoms with Crippen molar-refractivity contribution in [2.24, 2.45) is 0 Å². The van der Waals surface area contributed by atoms with Crippen molar-refractivity contribution >= 4 is 44.9 Å². The van der Waals surface area contributed by atoms with Gasteiger partial charge in [0.2, 0.25) is 11.7 Å². The number of oxazole rings is 1. The molecule has 1 amide bonds. The van der Waals surface area contributed by atoms with Crippen molar-refractivity contribution in [1.82, 2.24) is 20.6 Å². The largest absolute Gasteiger partial charge is 0.434 e. The fraction of sp³-hybridized carbons (Fsp3) is 0.419. The van der Waals surface area contributed by atoms with Gasteiger partial charge in [-0.05, 0) is 49.9 Å². The summed E-state index contributed by atoms with van der Waals surface area (Å²) in [6.45, 7) is 6.79. The van der Waals surface area contributed by atoms with Crippen LogP contribution in [0.2, 0.25) is 0 Å². The molecular weight excluding hydrogens is 536 g/mol. The Morgan fingerprint density at radius 2 is 1.88 bits per heavy atom. The number of carbonyl (C=O) groups is 2. The van der Waals surface area contributed by atoms with Gasteiger partial charge in [-0.2, -0.15) is 0 Å². The number of nitrogens with one attached hydrogen (secondary N) is 2. The van der Waals surface area contributed by atoms with Crippen LogP contribution in [-0.4, -0.2) is 66.5 Å². The van der Waals surface area contributed by atoms with E-state index in [9.17, 15) is 9.59 Å². The van der Waals surface area contributed by atoms with Crippen LogP contribution in [0.25, 0.3) is 22.4 Å². The van der Waals surface area contributed by atoms with Crippen LogP contribution in [0.4, 0.5) is 10.8 Å². The van der Waals surface area contributed by atoms with Crippen LogP contribution < -0.4 is 20.4 Å². The Hall–Kier alpha value is -3.76. The van der Waals surface area contributed by atoms with Gasteiger partial charge in [0.05, 0.1) is 11.7 Å². The van der Waals surface area contributed by atoms with Gasteiger partial charge in [-0.3, -0.25) is 9.59 Å². The predicted molar refractivity (Wildman–Crippen MR) is 163 cm³/mol. The van der Waals surface area contributed by atoms with Crippen molar-refractivity contribution < 1.29 is 14.0 Å². The Morgan fingerprint density at radius 1 is 1.07 bits per heavy atom. The predicted octanol–water partition coefficient (Wildman–Crippen LogP) is 4.89. The molecule has 41 heavy (non-hydrogen) atoms. The molecule has 6 rings (SSSR count). The van der Waals surface area contributed by atoms with Crippen molar-refractivity contribution in [3.05, 3.63) is 59.8 Å². The summed E-state index contributed by atoms with van der Waals surface area (Å²) in [6, 6.07) is 14.8. The molecule has 0 radical (unpaired) electrons. The number of nitrogens with zero attached hydrogens (tertiary/aromatic N) is 4. The molecular formula is C31H36N6O3S. The van der Waals surface area contributed by atoms with E-state index in [-0.39, 0.29) is 23.6 Å². The monoisotopic (exact) mass is 572 g/mol. The van der Waals surface area contributed by atoms with Gasteiger partial charge < -0.3 is 24.9 Å². The Kier molecular flexibility index (Phi) is 8.29. The Balaban J connectivity index is 1.16. The molecule has 2 N–H and O–H groups in total. The highest BCUT2D eigenvalue weighted by Crippen LogP contribution is 2.32. The molecule has 0 saturated carbocycles. The van der Waals surface area contributed by atoms with E-state index in [4.69, 9.17) is 9.40 Å². The number of rotatable bonds is 9. The van der Waals surface area contributed by atoms with Crippen molar-refractivity contribution in [3.63, 3.8) is 0 Å². The number of Topliss-reactive ketones (excluding diaryl/α,β-unsaturated/α-hetero) is 1. The molecule has 9 nitrogen and oxygen atoms in total. The summed E-state index contributed by atoms with van der Waals surface area (Å²) in [7, 11) is 0. The first-order valence-corrected chi connectivity index (χ1v) is 15.5. The molecule has 2 atom stereocenters. The molecule has 2 aromatic carbocycles. The zero-order valence-electron chi connectivity index (χ0n) is 23.3. The lowest BCUT2D eigenvalue weighted by molar-refractivity contribution is -0.123. The van der Waals surface area contributed by atoms with E-state index in [2.05, 4.69) is 55.1 Å². The molecule has 214 valence electrons. The van der Waals surface area contributed by atoms with Gasteiger partial charge in [0.25, 0.3) is 5.89 Å². The highest BCUT2D eigenvalue weighted by atomic mass is 32.1. The molecule has 2 fully saturated rings. The topological polar surface area (TPSA) is 104 Å². The van der Waals surface area contributed by atoms with Gasteiger partial charge >= 0.3 is 0 Å². The van der Waals surface area contributed by atoms with Crippen LogP contribution >= 0.6 is 11.3 Å². The number of benzene rings is 2. The van der Waals surface area contributed by atoms with Crippen LogP contribution in [0, 0.1) is 0 Å². The number of carbonyl (C=O) groups excluding carboxylic acids is 2. The van der Waals surface area contributed by atoms with E-state index in [0.29, 0.717) is 17.5 Å². The first-order chi connectivity index (χ1) is 20.1.